The van der Waals surface area contributed by atoms with Crippen LogP contribution in [-0.2, 0) is 6.54 Å². The van der Waals surface area contributed by atoms with Gasteiger partial charge in [-0.25, -0.2) is 4.98 Å². The van der Waals surface area contributed by atoms with Crippen molar-refractivity contribution in [2.45, 2.75) is 6.54 Å². The van der Waals surface area contributed by atoms with Gasteiger partial charge in [-0.2, -0.15) is 0 Å². The van der Waals surface area contributed by atoms with Crippen molar-refractivity contribution in [3.63, 3.8) is 0 Å². The molecule has 2 aromatic carbocycles. The van der Waals surface area contributed by atoms with Crippen molar-refractivity contribution < 1.29 is 0 Å². The van der Waals surface area contributed by atoms with Crippen LogP contribution < -0.4 is 0 Å². The predicted octanol–water partition coefficient (Wildman–Crippen LogP) is 4.38. The second-order valence-corrected chi connectivity index (χ2v) is 4.82. The van der Waals surface area contributed by atoms with E-state index in [0.29, 0.717) is 0 Å². The van der Waals surface area contributed by atoms with Crippen molar-refractivity contribution in [3.05, 3.63) is 71.5 Å². The lowest BCUT2D eigenvalue weighted by Gasteiger charge is -2.07. The molecule has 0 radical (unpaired) electrons. The Labute approximate surface area is 117 Å². The molecule has 0 aliphatic carbocycles. The van der Waals surface area contributed by atoms with E-state index in [1.165, 1.54) is 0 Å². The number of halogens is 1. The van der Waals surface area contributed by atoms with Crippen molar-refractivity contribution in [3.8, 4) is 0 Å². The van der Waals surface area contributed by atoms with Gasteiger partial charge in [0.25, 0.3) is 0 Å². The molecule has 3 heteroatoms. The summed E-state index contributed by atoms with van der Waals surface area (Å²) in [7, 11) is 0. The van der Waals surface area contributed by atoms with E-state index in [9.17, 15) is 0 Å². The highest BCUT2D eigenvalue weighted by molar-refractivity contribution is 6.30. The molecule has 0 aliphatic rings. The molecule has 3 aromatic rings. The lowest BCUT2D eigenvalue weighted by Crippen LogP contribution is -2.01. The number of imidazole rings is 1. The fourth-order valence-electron chi connectivity index (χ4n) is 2.23. The van der Waals surface area contributed by atoms with Gasteiger partial charge in [0.05, 0.1) is 11.0 Å². The summed E-state index contributed by atoms with van der Waals surface area (Å²) in [5.41, 5.74) is 3.25. The van der Waals surface area contributed by atoms with Crippen molar-refractivity contribution >= 4 is 28.7 Å². The Morgan fingerprint density at radius 1 is 1.16 bits per heavy atom. The lowest BCUT2D eigenvalue weighted by molar-refractivity contribution is 0.814. The summed E-state index contributed by atoms with van der Waals surface area (Å²) in [4.78, 5) is 4.56. The van der Waals surface area contributed by atoms with Crippen molar-refractivity contribution in [1.29, 1.82) is 0 Å². The average Bonchev–Trinajstić information content (AvgIpc) is 2.77. The number of aromatic nitrogens is 2. The molecule has 0 N–H and O–H groups in total. The van der Waals surface area contributed by atoms with E-state index in [1.807, 2.05) is 36.4 Å². The Morgan fingerprint density at radius 3 is 2.79 bits per heavy atom. The maximum Gasteiger partial charge on any atom is 0.133 e. The third-order valence-corrected chi connectivity index (χ3v) is 3.33. The first-order valence-corrected chi connectivity index (χ1v) is 6.48. The Morgan fingerprint density at radius 2 is 2.00 bits per heavy atom. The monoisotopic (exact) mass is 268 g/mol. The average molecular weight is 269 g/mol. The maximum atomic E-state index is 6.03. The highest BCUT2D eigenvalue weighted by atomic mass is 35.5. The van der Waals surface area contributed by atoms with Crippen LogP contribution in [0.25, 0.3) is 17.1 Å². The number of rotatable bonds is 3. The molecule has 94 valence electrons. The van der Waals surface area contributed by atoms with Gasteiger partial charge in [0, 0.05) is 11.6 Å². The number of hydrogen-bond donors (Lipinski definition) is 0. The molecule has 0 unspecified atom stereocenters. The highest BCUT2D eigenvalue weighted by Crippen LogP contribution is 2.19. The zero-order valence-electron chi connectivity index (χ0n) is 10.4. The molecule has 19 heavy (non-hydrogen) atoms. The topological polar surface area (TPSA) is 17.8 Å². The minimum atomic E-state index is 0.739. The third kappa shape index (κ3) is 2.27. The Balaban J connectivity index is 2.11. The SMILES string of the molecule is C=Cc1nc2ccccc2n1Cc1cccc(Cl)c1. The van der Waals surface area contributed by atoms with E-state index in [-0.39, 0.29) is 0 Å². The van der Waals surface area contributed by atoms with Gasteiger partial charge < -0.3 is 4.57 Å². The van der Waals surface area contributed by atoms with Gasteiger partial charge in [0.15, 0.2) is 0 Å². The molecule has 0 amide bonds. The fraction of sp³-hybridized carbons (Fsp3) is 0.0625. The first-order valence-electron chi connectivity index (χ1n) is 6.10. The maximum absolute atomic E-state index is 6.03. The first kappa shape index (κ1) is 12.0. The quantitative estimate of drug-likeness (QED) is 0.689. The predicted molar refractivity (Wildman–Crippen MR) is 80.4 cm³/mol. The molecule has 0 bridgehead atoms. The smallest absolute Gasteiger partial charge is 0.133 e. The van der Waals surface area contributed by atoms with Crippen molar-refractivity contribution in [2.24, 2.45) is 0 Å². The second-order valence-electron chi connectivity index (χ2n) is 4.38. The van der Waals surface area contributed by atoms with E-state index in [0.717, 1.165) is 34.0 Å². The molecule has 0 atom stereocenters. The Hall–Kier alpha value is -2.06. The van der Waals surface area contributed by atoms with Gasteiger partial charge in [0.1, 0.15) is 5.82 Å². The lowest BCUT2D eigenvalue weighted by atomic mass is 10.2. The molecule has 0 aliphatic heterocycles. The number of fused-ring (bicyclic) bond motifs is 1. The molecule has 1 aromatic heterocycles. The number of nitrogens with zero attached hydrogens (tertiary/aromatic N) is 2. The van der Waals surface area contributed by atoms with Gasteiger partial charge >= 0.3 is 0 Å². The fourth-order valence-corrected chi connectivity index (χ4v) is 2.45. The van der Waals surface area contributed by atoms with Crippen LogP contribution in [0, 0.1) is 0 Å². The summed E-state index contributed by atoms with van der Waals surface area (Å²) in [6.07, 6.45) is 1.78. The zero-order valence-corrected chi connectivity index (χ0v) is 11.1. The van der Waals surface area contributed by atoms with Crippen LogP contribution in [-0.4, -0.2) is 9.55 Å². The summed E-state index contributed by atoms with van der Waals surface area (Å²) < 4.78 is 2.15. The van der Waals surface area contributed by atoms with Crippen LogP contribution in [0.5, 0.6) is 0 Å². The Bertz CT molecular complexity index is 743. The second kappa shape index (κ2) is 4.90. The molecule has 1 heterocycles. The van der Waals surface area contributed by atoms with Crippen LogP contribution in [0.2, 0.25) is 5.02 Å². The van der Waals surface area contributed by atoms with Gasteiger partial charge in [-0.1, -0.05) is 42.4 Å². The number of benzene rings is 2. The van der Waals surface area contributed by atoms with Crippen LogP contribution in [0.4, 0.5) is 0 Å². The van der Waals surface area contributed by atoms with E-state index in [4.69, 9.17) is 11.6 Å². The van der Waals surface area contributed by atoms with Gasteiger partial charge in [0.2, 0.25) is 0 Å². The van der Waals surface area contributed by atoms with Crippen LogP contribution in [0.3, 0.4) is 0 Å². The zero-order chi connectivity index (χ0) is 13.2. The van der Waals surface area contributed by atoms with Crippen molar-refractivity contribution in [1.82, 2.24) is 9.55 Å². The van der Waals surface area contributed by atoms with E-state index >= 15 is 0 Å². The Kier molecular flexibility index (Phi) is 3.10. The molecule has 0 saturated heterocycles. The van der Waals surface area contributed by atoms with Crippen molar-refractivity contribution in [2.75, 3.05) is 0 Å². The van der Waals surface area contributed by atoms with Crippen LogP contribution >= 0.6 is 11.6 Å². The summed E-state index contributed by atoms with van der Waals surface area (Å²) in [6, 6.07) is 16.0. The van der Waals surface area contributed by atoms with Crippen LogP contribution in [0.15, 0.2) is 55.1 Å². The molecule has 0 fully saturated rings. The van der Waals surface area contributed by atoms with E-state index in [1.54, 1.807) is 6.08 Å². The number of para-hydroxylation sites is 2. The highest BCUT2D eigenvalue weighted by Gasteiger charge is 2.08. The summed E-state index contributed by atoms with van der Waals surface area (Å²) in [5, 5.41) is 0.752. The van der Waals surface area contributed by atoms with E-state index in [2.05, 4.69) is 28.3 Å². The molecule has 3 rings (SSSR count). The van der Waals surface area contributed by atoms with Gasteiger partial charge in [-0.05, 0) is 35.9 Å². The largest absolute Gasteiger partial charge is 0.320 e. The minimum absolute atomic E-state index is 0.739. The third-order valence-electron chi connectivity index (χ3n) is 3.10. The summed E-state index contributed by atoms with van der Waals surface area (Å²) >= 11 is 6.03. The van der Waals surface area contributed by atoms with Gasteiger partial charge in [-0.15, -0.1) is 0 Å². The molecular weight excluding hydrogens is 256 g/mol. The molecular formula is C16H13ClN2. The summed E-state index contributed by atoms with van der Waals surface area (Å²) in [6.45, 7) is 4.58. The molecule has 2 nitrogen and oxygen atoms in total. The summed E-state index contributed by atoms with van der Waals surface area (Å²) in [5.74, 6) is 0.876. The van der Waals surface area contributed by atoms with Gasteiger partial charge in [-0.3, -0.25) is 0 Å². The standard InChI is InChI=1S/C16H13ClN2/c1-2-16-18-14-8-3-4-9-15(14)19(16)11-12-6-5-7-13(17)10-12/h2-10H,1,11H2. The molecule has 0 saturated carbocycles. The minimum Gasteiger partial charge on any atom is -0.320 e. The first-order chi connectivity index (χ1) is 9.28. The van der Waals surface area contributed by atoms with Crippen LogP contribution in [0.1, 0.15) is 11.4 Å². The molecule has 0 spiro atoms. The number of hydrogen-bond acceptors (Lipinski definition) is 1. The van der Waals surface area contributed by atoms with E-state index < -0.39 is 0 Å². The normalized spacial score (nSPS) is 10.8.